The van der Waals surface area contributed by atoms with E-state index in [2.05, 4.69) is 18.9 Å². The molecule has 0 radical (unpaired) electrons. The van der Waals surface area contributed by atoms with Gasteiger partial charge in [-0.25, -0.2) is 4.68 Å². The Morgan fingerprint density at radius 3 is 2.53 bits per heavy atom. The van der Waals surface area contributed by atoms with Crippen LogP contribution in [0.5, 0.6) is 0 Å². The maximum Gasteiger partial charge on any atom is 0.107 e. The zero-order chi connectivity index (χ0) is 13.5. The van der Waals surface area contributed by atoms with Crippen LogP contribution in [0.1, 0.15) is 32.4 Å². The minimum atomic E-state index is -0.707. The van der Waals surface area contributed by atoms with Crippen molar-refractivity contribution in [3.05, 3.63) is 48.3 Å². The molecule has 1 fully saturated rings. The molecule has 1 saturated carbocycles. The first-order chi connectivity index (χ1) is 9.10. The van der Waals surface area contributed by atoms with Gasteiger partial charge in [-0.1, -0.05) is 32.0 Å². The van der Waals surface area contributed by atoms with Crippen LogP contribution < -0.4 is 0 Å². The highest BCUT2D eigenvalue weighted by Crippen LogP contribution is 2.48. The van der Waals surface area contributed by atoms with Crippen molar-refractivity contribution < 1.29 is 5.11 Å². The largest absolute Gasteiger partial charge is 0.384 e. The van der Waals surface area contributed by atoms with E-state index >= 15 is 0 Å². The van der Waals surface area contributed by atoms with Gasteiger partial charge in [0, 0.05) is 6.20 Å². The molecule has 1 aliphatic carbocycles. The highest BCUT2D eigenvalue weighted by molar-refractivity contribution is 5.34. The average Bonchev–Trinajstić information content (AvgIpc) is 2.85. The third-order valence-electron chi connectivity index (χ3n) is 4.26. The van der Waals surface area contributed by atoms with Gasteiger partial charge >= 0.3 is 0 Å². The molecule has 3 nitrogen and oxygen atoms in total. The van der Waals surface area contributed by atoms with E-state index in [-0.39, 0.29) is 0 Å². The van der Waals surface area contributed by atoms with Crippen LogP contribution in [0, 0.1) is 11.8 Å². The first kappa shape index (κ1) is 12.4. The molecule has 19 heavy (non-hydrogen) atoms. The molecule has 1 N–H and O–H groups in total. The zero-order valence-corrected chi connectivity index (χ0v) is 11.5. The van der Waals surface area contributed by atoms with Crippen LogP contribution in [0.15, 0.2) is 42.6 Å². The van der Waals surface area contributed by atoms with Gasteiger partial charge in [0.15, 0.2) is 0 Å². The second-order valence-electron chi connectivity index (χ2n) is 5.91. The predicted molar refractivity (Wildman–Crippen MR) is 75.0 cm³/mol. The van der Waals surface area contributed by atoms with Crippen LogP contribution in [-0.2, 0) is 5.60 Å². The summed E-state index contributed by atoms with van der Waals surface area (Å²) < 4.78 is 1.86. The van der Waals surface area contributed by atoms with Crippen molar-refractivity contribution in [2.24, 2.45) is 11.8 Å². The minimum absolute atomic E-state index is 0.615. The molecule has 0 aliphatic heterocycles. The second-order valence-corrected chi connectivity index (χ2v) is 5.91. The van der Waals surface area contributed by atoms with Crippen molar-refractivity contribution in [2.45, 2.75) is 32.3 Å². The summed E-state index contributed by atoms with van der Waals surface area (Å²) in [7, 11) is 0. The van der Waals surface area contributed by atoms with Crippen LogP contribution >= 0.6 is 0 Å². The number of rotatable bonds is 3. The van der Waals surface area contributed by atoms with Crippen molar-refractivity contribution >= 4 is 0 Å². The third-order valence-corrected chi connectivity index (χ3v) is 4.26. The Balaban J connectivity index is 1.90. The zero-order valence-electron chi connectivity index (χ0n) is 11.5. The van der Waals surface area contributed by atoms with E-state index in [1.165, 1.54) is 0 Å². The molecule has 3 rings (SSSR count). The summed E-state index contributed by atoms with van der Waals surface area (Å²) in [5.41, 5.74) is 1.21. The van der Waals surface area contributed by atoms with Gasteiger partial charge in [0.25, 0.3) is 0 Å². The summed E-state index contributed by atoms with van der Waals surface area (Å²) in [5.74, 6) is 1.25. The number of para-hydroxylation sites is 1. The number of benzene rings is 1. The molecule has 0 amide bonds. The van der Waals surface area contributed by atoms with Crippen LogP contribution in [0.25, 0.3) is 5.69 Å². The summed E-state index contributed by atoms with van der Waals surface area (Å²) in [6, 6.07) is 11.9. The molecule has 3 heteroatoms. The Bertz CT molecular complexity index is 553. The van der Waals surface area contributed by atoms with Gasteiger partial charge in [0.05, 0.1) is 11.4 Å². The van der Waals surface area contributed by atoms with Gasteiger partial charge in [-0.15, -0.1) is 0 Å². The van der Waals surface area contributed by atoms with Gasteiger partial charge in [0.1, 0.15) is 5.60 Å². The fraction of sp³-hybridized carbons (Fsp3) is 0.438. The molecule has 1 heterocycles. The summed E-state index contributed by atoms with van der Waals surface area (Å²) in [4.78, 5) is 0. The Labute approximate surface area is 113 Å². The van der Waals surface area contributed by atoms with Gasteiger partial charge in [-0.2, -0.15) is 5.10 Å². The molecule has 0 bridgehead atoms. The van der Waals surface area contributed by atoms with E-state index in [4.69, 9.17) is 0 Å². The van der Waals surface area contributed by atoms with Gasteiger partial charge in [0.2, 0.25) is 0 Å². The van der Waals surface area contributed by atoms with E-state index in [9.17, 15) is 5.11 Å². The van der Waals surface area contributed by atoms with Crippen molar-refractivity contribution in [2.75, 3.05) is 0 Å². The summed E-state index contributed by atoms with van der Waals surface area (Å²) in [6.07, 6.45) is 3.44. The normalized spacial score (nSPS) is 26.4. The highest BCUT2D eigenvalue weighted by atomic mass is 16.3. The van der Waals surface area contributed by atoms with E-state index in [1.807, 2.05) is 41.1 Å². The molecule has 0 unspecified atom stereocenters. The minimum Gasteiger partial charge on any atom is -0.384 e. The quantitative estimate of drug-likeness (QED) is 0.916. The lowest BCUT2D eigenvalue weighted by Crippen LogP contribution is -2.44. The Morgan fingerprint density at radius 1 is 1.21 bits per heavy atom. The molecule has 0 saturated heterocycles. The van der Waals surface area contributed by atoms with Crippen LogP contribution in [0.2, 0.25) is 0 Å². The molecule has 2 aromatic rings. The first-order valence-corrected chi connectivity index (χ1v) is 6.92. The standard InChI is InChI=1S/C16H20N2O/c1-12(2)13-10-16(19,11-13)15-8-9-17-18(15)14-6-4-3-5-7-14/h3-9,12-13,19H,10-11H2,1-2H3. The Kier molecular flexibility index (Phi) is 2.94. The summed E-state index contributed by atoms with van der Waals surface area (Å²) in [5, 5.41) is 15.1. The van der Waals surface area contributed by atoms with Crippen molar-refractivity contribution in [3.63, 3.8) is 0 Å². The smallest absolute Gasteiger partial charge is 0.107 e. The lowest BCUT2D eigenvalue weighted by atomic mass is 9.65. The lowest BCUT2D eigenvalue weighted by Gasteiger charge is -2.45. The highest BCUT2D eigenvalue weighted by Gasteiger charge is 2.47. The van der Waals surface area contributed by atoms with Gasteiger partial charge in [-0.05, 0) is 42.9 Å². The van der Waals surface area contributed by atoms with Gasteiger partial charge in [-0.3, -0.25) is 0 Å². The first-order valence-electron chi connectivity index (χ1n) is 6.92. The predicted octanol–water partition coefficient (Wildman–Crippen LogP) is 3.13. The average molecular weight is 256 g/mol. The monoisotopic (exact) mass is 256 g/mol. The third kappa shape index (κ3) is 2.08. The van der Waals surface area contributed by atoms with E-state index in [0.29, 0.717) is 11.8 Å². The molecule has 1 aliphatic rings. The van der Waals surface area contributed by atoms with E-state index < -0.39 is 5.60 Å². The maximum absolute atomic E-state index is 10.8. The summed E-state index contributed by atoms with van der Waals surface area (Å²) >= 11 is 0. The molecule has 0 atom stereocenters. The maximum atomic E-state index is 10.8. The number of hydrogen-bond donors (Lipinski definition) is 1. The van der Waals surface area contributed by atoms with Crippen LogP contribution in [0.4, 0.5) is 0 Å². The second kappa shape index (κ2) is 4.49. The SMILES string of the molecule is CC(C)C1CC(O)(c2ccnn2-c2ccccc2)C1. The summed E-state index contributed by atoms with van der Waals surface area (Å²) in [6.45, 7) is 4.44. The van der Waals surface area contributed by atoms with E-state index in [1.54, 1.807) is 6.20 Å². The molecule has 1 aromatic heterocycles. The number of hydrogen-bond acceptors (Lipinski definition) is 2. The fourth-order valence-corrected chi connectivity index (χ4v) is 2.92. The number of aliphatic hydroxyl groups is 1. The van der Waals surface area contributed by atoms with Crippen molar-refractivity contribution in [1.29, 1.82) is 0 Å². The van der Waals surface area contributed by atoms with Crippen molar-refractivity contribution in [3.8, 4) is 5.69 Å². The molecular formula is C16H20N2O. The number of nitrogens with zero attached hydrogens (tertiary/aromatic N) is 2. The van der Waals surface area contributed by atoms with Crippen LogP contribution in [0.3, 0.4) is 0 Å². The number of aromatic nitrogens is 2. The Hall–Kier alpha value is -1.61. The molecular weight excluding hydrogens is 236 g/mol. The van der Waals surface area contributed by atoms with Crippen molar-refractivity contribution in [1.82, 2.24) is 9.78 Å². The molecule has 1 aromatic carbocycles. The topological polar surface area (TPSA) is 38.1 Å². The fourth-order valence-electron chi connectivity index (χ4n) is 2.92. The molecule has 100 valence electrons. The Morgan fingerprint density at radius 2 is 1.89 bits per heavy atom. The molecule has 0 spiro atoms. The van der Waals surface area contributed by atoms with E-state index in [0.717, 1.165) is 24.2 Å². The van der Waals surface area contributed by atoms with Crippen LogP contribution in [-0.4, -0.2) is 14.9 Å². The lowest BCUT2D eigenvalue weighted by molar-refractivity contribution is -0.0980. The van der Waals surface area contributed by atoms with Gasteiger partial charge < -0.3 is 5.11 Å².